The van der Waals surface area contributed by atoms with Crippen molar-refractivity contribution in [3.05, 3.63) is 50.4 Å². The van der Waals surface area contributed by atoms with Crippen LogP contribution in [-0.2, 0) is 0 Å². The molecule has 21 heavy (non-hydrogen) atoms. The molecule has 0 aliphatic rings. The van der Waals surface area contributed by atoms with Crippen LogP contribution < -0.4 is 5.56 Å². The summed E-state index contributed by atoms with van der Waals surface area (Å²) >= 11 is 0. The maximum atomic E-state index is 12.3. The first kappa shape index (κ1) is 15.0. The van der Waals surface area contributed by atoms with Gasteiger partial charge in [0.2, 0.25) is 0 Å². The van der Waals surface area contributed by atoms with Gasteiger partial charge in [0.1, 0.15) is 5.75 Å². The van der Waals surface area contributed by atoms with Gasteiger partial charge in [-0.05, 0) is 51.3 Å². The minimum absolute atomic E-state index is 0.167. The maximum absolute atomic E-state index is 12.3. The van der Waals surface area contributed by atoms with Gasteiger partial charge in [-0.2, -0.15) is 0 Å². The molecule has 2 rings (SSSR count). The Kier molecular flexibility index (Phi) is 3.73. The maximum Gasteiger partial charge on any atom is 0.259 e. The van der Waals surface area contributed by atoms with E-state index in [1.165, 1.54) is 6.92 Å². The molecule has 0 fully saturated rings. The SMILES string of the molecule is CC(=O)c1c(C)[nH]c(=O)c(-c2c(C)cc(C)cc2C)c1O. The van der Waals surface area contributed by atoms with Crippen molar-refractivity contribution in [2.45, 2.75) is 34.6 Å². The molecule has 0 aliphatic heterocycles. The molecule has 0 atom stereocenters. The minimum atomic E-state index is -0.384. The summed E-state index contributed by atoms with van der Waals surface area (Å²) in [6.07, 6.45) is 0. The molecule has 0 aliphatic carbocycles. The number of carbonyl (C=O) groups is 1. The second kappa shape index (κ2) is 5.20. The van der Waals surface area contributed by atoms with Gasteiger partial charge in [-0.25, -0.2) is 0 Å². The molecule has 4 heteroatoms. The minimum Gasteiger partial charge on any atom is -0.506 e. The van der Waals surface area contributed by atoms with Gasteiger partial charge < -0.3 is 10.1 Å². The number of ketones is 1. The van der Waals surface area contributed by atoms with E-state index in [0.29, 0.717) is 11.3 Å². The molecule has 4 nitrogen and oxygen atoms in total. The van der Waals surface area contributed by atoms with Gasteiger partial charge in [0.25, 0.3) is 5.56 Å². The third-order valence-corrected chi connectivity index (χ3v) is 3.66. The number of benzene rings is 1. The molecule has 0 spiro atoms. The lowest BCUT2D eigenvalue weighted by molar-refractivity contribution is 0.101. The standard InChI is InChI=1S/C17H19NO3/c1-8-6-9(2)13(10(3)7-8)15-16(20)14(12(5)19)11(4)18-17(15)21/h6-7H,1-5H3,(H2,18,20,21). The number of rotatable bonds is 2. The Morgan fingerprint density at radius 2 is 1.57 bits per heavy atom. The van der Waals surface area contributed by atoms with E-state index in [4.69, 9.17) is 0 Å². The van der Waals surface area contributed by atoms with Crippen molar-refractivity contribution in [2.75, 3.05) is 0 Å². The van der Waals surface area contributed by atoms with Gasteiger partial charge in [-0.3, -0.25) is 9.59 Å². The summed E-state index contributed by atoms with van der Waals surface area (Å²) in [7, 11) is 0. The number of aromatic nitrogens is 1. The molecule has 0 saturated heterocycles. The number of aryl methyl sites for hydroxylation is 4. The van der Waals surface area contributed by atoms with Gasteiger partial charge in [-0.15, -0.1) is 0 Å². The zero-order chi connectivity index (χ0) is 15.9. The van der Waals surface area contributed by atoms with Gasteiger partial charge in [0.05, 0.1) is 11.1 Å². The van der Waals surface area contributed by atoms with Gasteiger partial charge in [-0.1, -0.05) is 17.7 Å². The van der Waals surface area contributed by atoms with E-state index in [1.54, 1.807) is 6.92 Å². The zero-order valence-corrected chi connectivity index (χ0v) is 12.9. The summed E-state index contributed by atoms with van der Waals surface area (Å²) in [5.41, 5.74) is 3.90. The molecule has 0 radical (unpaired) electrons. The normalized spacial score (nSPS) is 10.7. The van der Waals surface area contributed by atoms with Crippen molar-refractivity contribution >= 4 is 5.78 Å². The smallest absolute Gasteiger partial charge is 0.259 e. The van der Waals surface area contributed by atoms with Crippen LogP contribution in [0.4, 0.5) is 0 Å². The largest absolute Gasteiger partial charge is 0.506 e. The molecule has 0 unspecified atom stereocenters. The summed E-state index contributed by atoms with van der Waals surface area (Å²) in [5, 5.41) is 10.5. The molecule has 0 amide bonds. The fraction of sp³-hybridized carbons (Fsp3) is 0.294. The van der Waals surface area contributed by atoms with Crippen molar-refractivity contribution in [3.8, 4) is 16.9 Å². The monoisotopic (exact) mass is 285 g/mol. The molecule has 1 aromatic heterocycles. The predicted molar refractivity (Wildman–Crippen MR) is 83.1 cm³/mol. The van der Waals surface area contributed by atoms with Crippen LogP contribution in [0.2, 0.25) is 0 Å². The number of Topliss-reactive ketones (excluding diaryl/α,β-unsaturated/α-hetero) is 1. The van der Waals surface area contributed by atoms with Gasteiger partial charge >= 0.3 is 0 Å². The number of hydrogen-bond donors (Lipinski definition) is 2. The lowest BCUT2D eigenvalue weighted by Gasteiger charge is -2.15. The summed E-state index contributed by atoms with van der Waals surface area (Å²) in [4.78, 5) is 26.7. The molecule has 110 valence electrons. The van der Waals surface area contributed by atoms with Gasteiger partial charge in [0.15, 0.2) is 5.78 Å². The summed E-state index contributed by atoms with van der Waals surface area (Å²) in [5.74, 6) is -0.510. The third-order valence-electron chi connectivity index (χ3n) is 3.66. The molecular weight excluding hydrogens is 266 g/mol. The Morgan fingerprint density at radius 1 is 1.05 bits per heavy atom. The van der Waals surface area contributed by atoms with Crippen molar-refractivity contribution < 1.29 is 9.90 Å². The van der Waals surface area contributed by atoms with Crippen LogP contribution >= 0.6 is 0 Å². The highest BCUT2D eigenvalue weighted by atomic mass is 16.3. The highest BCUT2D eigenvalue weighted by Gasteiger charge is 2.21. The average Bonchev–Trinajstić information content (AvgIpc) is 2.30. The van der Waals surface area contributed by atoms with Crippen molar-refractivity contribution in [1.82, 2.24) is 4.98 Å². The summed E-state index contributed by atoms with van der Waals surface area (Å²) in [6, 6.07) is 3.91. The van der Waals surface area contributed by atoms with Crippen molar-refractivity contribution in [3.63, 3.8) is 0 Å². The van der Waals surface area contributed by atoms with Crippen molar-refractivity contribution in [1.29, 1.82) is 0 Å². The molecule has 0 bridgehead atoms. The fourth-order valence-electron chi connectivity index (χ4n) is 2.94. The van der Waals surface area contributed by atoms with Crippen molar-refractivity contribution in [2.24, 2.45) is 0 Å². The number of pyridine rings is 1. The van der Waals surface area contributed by atoms with E-state index in [1.807, 2.05) is 32.9 Å². The van der Waals surface area contributed by atoms with E-state index in [2.05, 4.69) is 4.98 Å². The quantitative estimate of drug-likeness (QED) is 0.832. The topological polar surface area (TPSA) is 70.2 Å². The van der Waals surface area contributed by atoms with Crippen LogP contribution in [0.1, 0.15) is 39.7 Å². The Hall–Kier alpha value is -2.36. The second-order valence-electron chi connectivity index (χ2n) is 5.51. The lowest BCUT2D eigenvalue weighted by atomic mass is 9.92. The molecule has 2 N–H and O–H groups in total. The highest BCUT2D eigenvalue weighted by molar-refractivity contribution is 6.00. The Morgan fingerprint density at radius 3 is 2.05 bits per heavy atom. The highest BCUT2D eigenvalue weighted by Crippen LogP contribution is 2.34. The van der Waals surface area contributed by atoms with E-state index in [0.717, 1.165) is 16.7 Å². The first-order valence-electron chi connectivity index (χ1n) is 6.79. The van der Waals surface area contributed by atoms with E-state index in [9.17, 15) is 14.7 Å². The Balaban J connectivity index is 2.92. The third kappa shape index (κ3) is 2.49. The van der Waals surface area contributed by atoms with E-state index in [-0.39, 0.29) is 28.2 Å². The van der Waals surface area contributed by atoms with Gasteiger partial charge in [0, 0.05) is 5.69 Å². The molecule has 2 aromatic rings. The predicted octanol–water partition coefficient (Wildman–Crippen LogP) is 3.18. The first-order chi connectivity index (χ1) is 9.73. The number of aromatic hydroxyl groups is 1. The van der Waals surface area contributed by atoms with Crippen LogP contribution in [0.3, 0.4) is 0 Å². The van der Waals surface area contributed by atoms with Crippen LogP contribution in [0, 0.1) is 27.7 Å². The fourth-order valence-corrected chi connectivity index (χ4v) is 2.94. The van der Waals surface area contributed by atoms with E-state index < -0.39 is 0 Å². The molecule has 1 heterocycles. The van der Waals surface area contributed by atoms with Crippen LogP contribution in [0.5, 0.6) is 5.75 Å². The first-order valence-corrected chi connectivity index (χ1v) is 6.79. The summed E-state index contributed by atoms with van der Waals surface area (Å²) < 4.78 is 0. The molecular formula is C17H19NO3. The number of hydrogen-bond acceptors (Lipinski definition) is 3. The number of nitrogens with one attached hydrogen (secondary N) is 1. The molecule has 0 saturated carbocycles. The summed E-state index contributed by atoms with van der Waals surface area (Å²) in [6.45, 7) is 8.74. The average molecular weight is 285 g/mol. The number of H-pyrrole nitrogens is 1. The molecule has 1 aromatic carbocycles. The van der Waals surface area contributed by atoms with Crippen LogP contribution in [-0.4, -0.2) is 15.9 Å². The number of aromatic amines is 1. The van der Waals surface area contributed by atoms with E-state index >= 15 is 0 Å². The Labute approximate surface area is 123 Å². The zero-order valence-electron chi connectivity index (χ0n) is 12.9. The van der Waals surface area contributed by atoms with Crippen LogP contribution in [0.15, 0.2) is 16.9 Å². The number of carbonyl (C=O) groups excluding carboxylic acids is 1. The van der Waals surface area contributed by atoms with Crippen LogP contribution in [0.25, 0.3) is 11.1 Å². The Bertz CT molecular complexity index is 777. The second-order valence-corrected chi connectivity index (χ2v) is 5.51. The lowest BCUT2D eigenvalue weighted by Crippen LogP contribution is -2.16.